The van der Waals surface area contributed by atoms with Crippen LogP contribution < -0.4 is 0 Å². The lowest BCUT2D eigenvalue weighted by Gasteiger charge is -2.17. The van der Waals surface area contributed by atoms with Crippen molar-refractivity contribution in [1.29, 1.82) is 0 Å². The molecule has 3 nitrogen and oxygen atoms in total. The standard InChI is InChI=1S/C11H14N2O/c1-12-6-7-13(9-12)8-10-2-4-11(14)5-3-10/h2-7,14H,8-9H2,1H3. The lowest BCUT2D eigenvalue weighted by Crippen LogP contribution is -2.21. The van der Waals surface area contributed by atoms with Gasteiger partial charge in [-0.05, 0) is 17.7 Å². The Kier molecular flexibility index (Phi) is 2.31. The first-order valence-corrected chi connectivity index (χ1v) is 4.64. The summed E-state index contributed by atoms with van der Waals surface area (Å²) in [5.74, 6) is 0.322. The Labute approximate surface area is 83.9 Å². The number of rotatable bonds is 2. The first-order chi connectivity index (χ1) is 6.74. The predicted molar refractivity (Wildman–Crippen MR) is 55.4 cm³/mol. The molecule has 14 heavy (non-hydrogen) atoms. The van der Waals surface area contributed by atoms with Gasteiger partial charge in [-0.15, -0.1) is 0 Å². The van der Waals surface area contributed by atoms with E-state index in [0.29, 0.717) is 5.75 Å². The molecule has 0 atom stereocenters. The highest BCUT2D eigenvalue weighted by molar-refractivity contribution is 5.26. The Hall–Kier alpha value is -1.64. The largest absolute Gasteiger partial charge is 0.508 e. The quantitative estimate of drug-likeness (QED) is 0.766. The van der Waals surface area contributed by atoms with E-state index in [0.717, 1.165) is 13.2 Å². The molecule has 74 valence electrons. The lowest BCUT2D eigenvalue weighted by molar-refractivity contribution is 0.291. The molecule has 0 saturated carbocycles. The second kappa shape index (κ2) is 3.62. The van der Waals surface area contributed by atoms with E-state index in [9.17, 15) is 0 Å². The number of phenols is 1. The first-order valence-electron chi connectivity index (χ1n) is 4.64. The van der Waals surface area contributed by atoms with E-state index in [1.54, 1.807) is 12.1 Å². The number of hydrogen-bond acceptors (Lipinski definition) is 3. The Morgan fingerprint density at radius 1 is 1.21 bits per heavy atom. The van der Waals surface area contributed by atoms with E-state index in [4.69, 9.17) is 5.11 Å². The van der Waals surface area contributed by atoms with Crippen LogP contribution in [0.5, 0.6) is 5.75 Å². The monoisotopic (exact) mass is 190 g/mol. The van der Waals surface area contributed by atoms with Crippen molar-refractivity contribution in [3.8, 4) is 5.75 Å². The molecule has 0 fully saturated rings. The van der Waals surface area contributed by atoms with Crippen LogP contribution in [0.15, 0.2) is 36.7 Å². The summed E-state index contributed by atoms with van der Waals surface area (Å²) in [6, 6.07) is 7.33. The Balaban J connectivity index is 1.98. The van der Waals surface area contributed by atoms with Crippen LogP contribution in [0.3, 0.4) is 0 Å². The van der Waals surface area contributed by atoms with Crippen molar-refractivity contribution in [3.05, 3.63) is 42.2 Å². The predicted octanol–water partition coefficient (Wildman–Crippen LogP) is 1.57. The summed E-state index contributed by atoms with van der Waals surface area (Å²) in [5, 5.41) is 9.12. The summed E-state index contributed by atoms with van der Waals surface area (Å²) < 4.78 is 0. The van der Waals surface area contributed by atoms with E-state index >= 15 is 0 Å². The molecule has 0 radical (unpaired) electrons. The third-order valence-corrected chi connectivity index (χ3v) is 2.26. The van der Waals surface area contributed by atoms with Crippen LogP contribution in [0.25, 0.3) is 0 Å². The second-order valence-corrected chi connectivity index (χ2v) is 3.61. The molecular formula is C11H14N2O. The average Bonchev–Trinajstić information content (AvgIpc) is 2.56. The topological polar surface area (TPSA) is 26.7 Å². The van der Waals surface area contributed by atoms with Crippen molar-refractivity contribution >= 4 is 0 Å². The summed E-state index contributed by atoms with van der Waals surface area (Å²) in [7, 11) is 2.05. The minimum absolute atomic E-state index is 0.322. The molecule has 0 aliphatic carbocycles. The molecule has 0 bridgehead atoms. The smallest absolute Gasteiger partial charge is 0.115 e. The summed E-state index contributed by atoms with van der Waals surface area (Å²) >= 11 is 0. The molecule has 1 aliphatic heterocycles. The molecular weight excluding hydrogens is 176 g/mol. The van der Waals surface area contributed by atoms with Crippen molar-refractivity contribution in [2.45, 2.75) is 6.54 Å². The molecule has 1 N–H and O–H groups in total. The molecule has 0 saturated heterocycles. The van der Waals surface area contributed by atoms with Gasteiger partial charge in [-0.25, -0.2) is 0 Å². The van der Waals surface area contributed by atoms with Gasteiger partial charge in [0.1, 0.15) is 5.75 Å². The molecule has 0 aromatic heterocycles. The minimum atomic E-state index is 0.322. The molecule has 0 spiro atoms. The van der Waals surface area contributed by atoms with Gasteiger partial charge in [-0.2, -0.15) is 0 Å². The van der Waals surface area contributed by atoms with Crippen molar-refractivity contribution < 1.29 is 5.11 Å². The van der Waals surface area contributed by atoms with Crippen molar-refractivity contribution in [2.24, 2.45) is 0 Å². The molecule has 0 amide bonds. The van der Waals surface area contributed by atoms with Gasteiger partial charge in [0, 0.05) is 26.0 Å². The average molecular weight is 190 g/mol. The van der Waals surface area contributed by atoms with Crippen LogP contribution in [0.2, 0.25) is 0 Å². The zero-order valence-corrected chi connectivity index (χ0v) is 8.22. The maximum Gasteiger partial charge on any atom is 0.115 e. The van der Waals surface area contributed by atoms with Crippen LogP contribution in [0.1, 0.15) is 5.56 Å². The lowest BCUT2D eigenvalue weighted by atomic mass is 10.2. The number of aromatic hydroxyl groups is 1. The number of benzene rings is 1. The van der Waals surface area contributed by atoms with Gasteiger partial charge >= 0.3 is 0 Å². The highest BCUT2D eigenvalue weighted by Crippen LogP contribution is 2.13. The van der Waals surface area contributed by atoms with Crippen LogP contribution in [-0.2, 0) is 6.54 Å². The highest BCUT2D eigenvalue weighted by atomic mass is 16.3. The summed E-state index contributed by atoms with van der Waals surface area (Å²) in [5.41, 5.74) is 1.21. The molecule has 1 aromatic rings. The number of hydrogen-bond donors (Lipinski definition) is 1. The second-order valence-electron chi connectivity index (χ2n) is 3.61. The number of nitrogens with zero attached hydrogens (tertiary/aromatic N) is 2. The highest BCUT2D eigenvalue weighted by Gasteiger charge is 2.08. The van der Waals surface area contributed by atoms with Crippen LogP contribution in [0, 0.1) is 0 Å². The SMILES string of the molecule is CN1C=CN(Cc2ccc(O)cc2)C1. The van der Waals surface area contributed by atoms with Crippen LogP contribution in [-0.4, -0.2) is 28.6 Å². The van der Waals surface area contributed by atoms with Gasteiger partial charge in [-0.3, -0.25) is 0 Å². The van der Waals surface area contributed by atoms with E-state index in [-0.39, 0.29) is 0 Å². The summed E-state index contributed by atoms with van der Waals surface area (Å²) in [6.07, 6.45) is 4.13. The molecule has 2 rings (SSSR count). The van der Waals surface area contributed by atoms with Gasteiger partial charge in [0.2, 0.25) is 0 Å². The van der Waals surface area contributed by atoms with Gasteiger partial charge in [0.15, 0.2) is 0 Å². The molecule has 1 heterocycles. The van der Waals surface area contributed by atoms with Crippen molar-refractivity contribution in [2.75, 3.05) is 13.7 Å². The fraction of sp³-hybridized carbons (Fsp3) is 0.273. The molecule has 3 heteroatoms. The number of phenolic OH excluding ortho intramolecular Hbond substituents is 1. The van der Waals surface area contributed by atoms with E-state index in [1.165, 1.54) is 5.56 Å². The zero-order valence-electron chi connectivity index (χ0n) is 8.22. The van der Waals surface area contributed by atoms with Crippen molar-refractivity contribution in [3.63, 3.8) is 0 Å². The molecule has 0 unspecified atom stereocenters. The van der Waals surface area contributed by atoms with Crippen molar-refractivity contribution in [1.82, 2.24) is 9.80 Å². The third kappa shape index (κ3) is 1.99. The van der Waals surface area contributed by atoms with E-state index < -0.39 is 0 Å². The van der Waals surface area contributed by atoms with E-state index in [1.807, 2.05) is 19.2 Å². The summed E-state index contributed by atoms with van der Waals surface area (Å²) in [4.78, 5) is 4.34. The minimum Gasteiger partial charge on any atom is -0.508 e. The van der Waals surface area contributed by atoms with Crippen LogP contribution in [0.4, 0.5) is 0 Å². The maximum absolute atomic E-state index is 9.12. The first kappa shape index (κ1) is 8.94. The van der Waals surface area contributed by atoms with Gasteiger partial charge < -0.3 is 14.9 Å². The van der Waals surface area contributed by atoms with Gasteiger partial charge in [0.25, 0.3) is 0 Å². The van der Waals surface area contributed by atoms with Gasteiger partial charge in [-0.1, -0.05) is 12.1 Å². The third-order valence-electron chi connectivity index (χ3n) is 2.26. The Morgan fingerprint density at radius 2 is 1.93 bits per heavy atom. The normalized spacial score (nSPS) is 15.2. The van der Waals surface area contributed by atoms with Gasteiger partial charge in [0.05, 0.1) is 6.67 Å². The molecule has 1 aromatic carbocycles. The summed E-state index contributed by atoms with van der Waals surface area (Å²) in [6.45, 7) is 1.82. The maximum atomic E-state index is 9.12. The Morgan fingerprint density at radius 3 is 2.50 bits per heavy atom. The Bertz CT molecular complexity index is 332. The fourth-order valence-corrected chi connectivity index (χ4v) is 1.53. The zero-order chi connectivity index (χ0) is 9.97. The van der Waals surface area contributed by atoms with Crippen LogP contribution >= 0.6 is 0 Å². The van der Waals surface area contributed by atoms with E-state index in [2.05, 4.69) is 22.2 Å². The fourth-order valence-electron chi connectivity index (χ4n) is 1.53. The molecule has 1 aliphatic rings.